The van der Waals surface area contributed by atoms with Gasteiger partial charge in [-0.2, -0.15) is 0 Å². The van der Waals surface area contributed by atoms with Crippen LogP contribution in [0.15, 0.2) is 54.7 Å². The predicted octanol–water partition coefficient (Wildman–Crippen LogP) is 5.49. The second-order valence-corrected chi connectivity index (χ2v) is 7.39. The number of ether oxygens (including phenoxy) is 1. The number of carbonyl (C=O) groups excluding carboxylic acids is 1. The predicted molar refractivity (Wildman–Crippen MR) is 109 cm³/mol. The molecule has 3 rings (SSSR count). The van der Waals surface area contributed by atoms with Crippen LogP contribution in [-0.2, 0) is 11.3 Å². The summed E-state index contributed by atoms with van der Waals surface area (Å²) in [4.78, 5) is 17.2. The van der Waals surface area contributed by atoms with Crippen molar-refractivity contribution in [3.8, 4) is 28.4 Å². The topological polar surface area (TPSA) is 44.1 Å². The van der Waals surface area contributed by atoms with Crippen molar-refractivity contribution in [1.82, 2.24) is 9.55 Å². The Morgan fingerprint density at radius 1 is 1.15 bits per heavy atom. The lowest BCUT2D eigenvalue weighted by atomic mass is 10.1. The summed E-state index contributed by atoms with van der Waals surface area (Å²) >= 11 is 6.16. The van der Waals surface area contributed by atoms with Gasteiger partial charge in [0.2, 0.25) is 0 Å². The van der Waals surface area contributed by atoms with E-state index in [0.717, 1.165) is 28.4 Å². The summed E-state index contributed by atoms with van der Waals surface area (Å²) in [6, 6.07) is 15.3. The van der Waals surface area contributed by atoms with Crippen molar-refractivity contribution in [2.45, 2.75) is 26.8 Å². The first-order valence-electron chi connectivity index (χ1n) is 8.95. The van der Waals surface area contributed by atoms with Crippen LogP contribution in [-0.4, -0.2) is 22.4 Å². The number of halogens is 1. The van der Waals surface area contributed by atoms with E-state index in [1.807, 2.05) is 73.1 Å². The monoisotopic (exact) mass is 382 g/mol. The first-order chi connectivity index (χ1) is 13.0. The van der Waals surface area contributed by atoms with Gasteiger partial charge >= 0.3 is 0 Å². The van der Waals surface area contributed by atoms with Crippen molar-refractivity contribution in [3.05, 3.63) is 59.8 Å². The number of hydrogen-bond acceptors (Lipinski definition) is 3. The molecular weight excluding hydrogens is 360 g/mol. The molecular formula is C22H23ClN2O2. The molecule has 2 aromatic carbocycles. The van der Waals surface area contributed by atoms with Crippen LogP contribution in [0.5, 0.6) is 5.75 Å². The van der Waals surface area contributed by atoms with Gasteiger partial charge in [-0.05, 0) is 30.2 Å². The van der Waals surface area contributed by atoms with Gasteiger partial charge in [0.1, 0.15) is 11.6 Å². The van der Waals surface area contributed by atoms with Crippen molar-refractivity contribution in [1.29, 1.82) is 0 Å². The summed E-state index contributed by atoms with van der Waals surface area (Å²) in [6.07, 6.45) is 2.46. The molecule has 0 atom stereocenters. The van der Waals surface area contributed by atoms with Crippen LogP contribution < -0.4 is 4.74 Å². The van der Waals surface area contributed by atoms with E-state index in [1.165, 1.54) is 0 Å². The first-order valence-corrected chi connectivity index (χ1v) is 9.33. The van der Waals surface area contributed by atoms with Crippen LogP contribution in [0.3, 0.4) is 0 Å². The van der Waals surface area contributed by atoms with Gasteiger partial charge in [-0.15, -0.1) is 0 Å². The van der Waals surface area contributed by atoms with Crippen LogP contribution in [0.4, 0.5) is 0 Å². The molecule has 0 aliphatic heterocycles. The molecule has 0 saturated carbocycles. The van der Waals surface area contributed by atoms with E-state index in [1.54, 1.807) is 7.11 Å². The molecule has 0 radical (unpaired) electrons. The maximum Gasteiger partial charge on any atom is 0.152 e. The molecule has 3 aromatic rings. The minimum absolute atomic E-state index is 0.183. The van der Waals surface area contributed by atoms with Crippen molar-refractivity contribution < 1.29 is 9.53 Å². The maximum absolute atomic E-state index is 12.4. The van der Waals surface area contributed by atoms with Crippen molar-refractivity contribution in [2.75, 3.05) is 7.11 Å². The Labute approximate surface area is 164 Å². The number of imidazole rings is 1. The zero-order chi connectivity index (χ0) is 19.4. The van der Waals surface area contributed by atoms with Crippen LogP contribution in [0.25, 0.3) is 22.6 Å². The third-order valence-corrected chi connectivity index (χ3v) is 4.44. The van der Waals surface area contributed by atoms with Gasteiger partial charge in [-0.25, -0.2) is 4.98 Å². The molecule has 0 spiro atoms. The average molecular weight is 383 g/mol. The zero-order valence-electron chi connectivity index (χ0n) is 15.8. The van der Waals surface area contributed by atoms with Crippen LogP contribution in [0.2, 0.25) is 5.02 Å². The fourth-order valence-corrected chi connectivity index (χ4v) is 3.22. The Bertz CT molecular complexity index is 947. The summed E-state index contributed by atoms with van der Waals surface area (Å²) in [5.74, 6) is 2.01. The Kier molecular flexibility index (Phi) is 5.97. The number of methoxy groups -OCH3 is 1. The summed E-state index contributed by atoms with van der Waals surface area (Å²) in [6.45, 7) is 4.38. The molecule has 5 heteroatoms. The Morgan fingerprint density at radius 2 is 1.89 bits per heavy atom. The van der Waals surface area contributed by atoms with Gasteiger partial charge in [0.25, 0.3) is 0 Å². The number of Topliss-reactive ketones (excluding diaryl/α,β-unsaturated/α-hetero) is 1. The molecule has 1 heterocycles. The standard InChI is InChI=1S/C22H23ClN2O2/c1-15(2)10-19(26)13-25-14-21(16-6-5-9-20(12-16)27-3)24-22(25)17-7-4-8-18(23)11-17/h4-9,11-12,14-15H,10,13H2,1-3H3. The molecule has 0 unspecified atom stereocenters. The molecule has 0 saturated heterocycles. The summed E-state index contributed by atoms with van der Waals surface area (Å²) in [5.41, 5.74) is 2.61. The smallest absolute Gasteiger partial charge is 0.152 e. The van der Waals surface area contributed by atoms with E-state index in [0.29, 0.717) is 17.4 Å². The first kappa shape index (κ1) is 19.2. The normalized spacial score (nSPS) is 11.0. The second kappa shape index (κ2) is 8.40. The minimum Gasteiger partial charge on any atom is -0.497 e. The lowest BCUT2D eigenvalue weighted by Crippen LogP contribution is -2.12. The van der Waals surface area contributed by atoms with Gasteiger partial charge in [-0.3, -0.25) is 4.79 Å². The number of aromatic nitrogens is 2. The van der Waals surface area contributed by atoms with Crippen molar-refractivity contribution in [2.24, 2.45) is 5.92 Å². The van der Waals surface area contributed by atoms with E-state index in [4.69, 9.17) is 21.3 Å². The Morgan fingerprint density at radius 3 is 2.59 bits per heavy atom. The van der Waals surface area contributed by atoms with Crippen molar-refractivity contribution in [3.63, 3.8) is 0 Å². The van der Waals surface area contributed by atoms with Crippen molar-refractivity contribution >= 4 is 17.4 Å². The number of rotatable bonds is 7. The third-order valence-electron chi connectivity index (χ3n) is 4.21. The molecule has 0 fully saturated rings. The van der Waals surface area contributed by atoms with Crippen LogP contribution >= 0.6 is 11.6 Å². The highest BCUT2D eigenvalue weighted by Crippen LogP contribution is 2.28. The molecule has 0 aliphatic rings. The highest BCUT2D eigenvalue weighted by atomic mass is 35.5. The fraction of sp³-hybridized carbons (Fsp3) is 0.273. The SMILES string of the molecule is COc1cccc(-c2cn(CC(=O)CC(C)C)c(-c3cccc(Cl)c3)n2)c1. The molecule has 0 aliphatic carbocycles. The van der Waals surface area contributed by atoms with E-state index in [9.17, 15) is 4.79 Å². The van der Waals surface area contributed by atoms with Crippen LogP contribution in [0.1, 0.15) is 20.3 Å². The molecule has 0 amide bonds. The maximum atomic E-state index is 12.4. The van der Waals surface area contributed by atoms with E-state index in [-0.39, 0.29) is 12.3 Å². The summed E-state index contributed by atoms with van der Waals surface area (Å²) in [7, 11) is 1.64. The molecule has 1 aromatic heterocycles. The number of ketones is 1. The lowest BCUT2D eigenvalue weighted by molar-refractivity contribution is -0.120. The molecule has 0 N–H and O–H groups in total. The zero-order valence-corrected chi connectivity index (χ0v) is 16.5. The number of hydrogen-bond donors (Lipinski definition) is 0. The number of nitrogens with zero attached hydrogens (tertiary/aromatic N) is 2. The molecule has 27 heavy (non-hydrogen) atoms. The van der Waals surface area contributed by atoms with Gasteiger partial charge in [0, 0.05) is 28.8 Å². The molecule has 140 valence electrons. The Balaban J connectivity index is 2.03. The van der Waals surface area contributed by atoms with Gasteiger partial charge in [0.15, 0.2) is 5.78 Å². The van der Waals surface area contributed by atoms with E-state index in [2.05, 4.69) is 0 Å². The largest absolute Gasteiger partial charge is 0.497 e. The average Bonchev–Trinajstić information content (AvgIpc) is 3.05. The Hall–Kier alpha value is -2.59. The van der Waals surface area contributed by atoms with Gasteiger partial charge < -0.3 is 9.30 Å². The number of carbonyl (C=O) groups is 1. The molecule has 0 bridgehead atoms. The number of benzene rings is 2. The fourth-order valence-electron chi connectivity index (χ4n) is 3.03. The highest BCUT2D eigenvalue weighted by molar-refractivity contribution is 6.30. The summed E-state index contributed by atoms with van der Waals surface area (Å²) < 4.78 is 7.22. The van der Waals surface area contributed by atoms with E-state index < -0.39 is 0 Å². The molecule has 4 nitrogen and oxygen atoms in total. The highest BCUT2D eigenvalue weighted by Gasteiger charge is 2.15. The van der Waals surface area contributed by atoms with E-state index >= 15 is 0 Å². The van der Waals surface area contributed by atoms with Gasteiger partial charge in [0.05, 0.1) is 19.3 Å². The second-order valence-electron chi connectivity index (χ2n) is 6.96. The quantitative estimate of drug-likeness (QED) is 0.542. The van der Waals surface area contributed by atoms with Gasteiger partial charge in [-0.1, -0.05) is 49.7 Å². The lowest BCUT2D eigenvalue weighted by Gasteiger charge is -2.08. The summed E-state index contributed by atoms with van der Waals surface area (Å²) in [5, 5.41) is 0.637. The van der Waals surface area contributed by atoms with Crippen LogP contribution in [0, 0.1) is 5.92 Å². The minimum atomic E-state index is 0.183. The third kappa shape index (κ3) is 4.77.